The summed E-state index contributed by atoms with van der Waals surface area (Å²) in [5, 5.41) is 3.40. The lowest BCUT2D eigenvalue weighted by Crippen LogP contribution is -2.27. The Balaban J connectivity index is 2.47. The third-order valence-electron chi connectivity index (χ3n) is 3.08. The highest BCUT2D eigenvalue weighted by atomic mass is 79.9. The second-order valence-electron chi connectivity index (χ2n) is 4.48. The van der Waals surface area contributed by atoms with Gasteiger partial charge >= 0.3 is 0 Å². The number of hydrogen-bond acceptors (Lipinski definition) is 3. The summed E-state index contributed by atoms with van der Waals surface area (Å²) in [6, 6.07) is 8.98. The lowest BCUT2D eigenvalue weighted by Gasteiger charge is -2.21. The van der Waals surface area contributed by atoms with E-state index in [9.17, 15) is 0 Å². The first kappa shape index (κ1) is 16.0. The molecule has 2 nitrogen and oxygen atoms in total. The fourth-order valence-corrected chi connectivity index (χ4v) is 2.82. The highest BCUT2D eigenvalue weighted by Crippen LogP contribution is 2.20. The van der Waals surface area contributed by atoms with Gasteiger partial charge in [0.25, 0.3) is 0 Å². The maximum atomic E-state index is 3.53. The number of hydrogen-bond donors (Lipinski definition) is 1. The van der Waals surface area contributed by atoms with Gasteiger partial charge in [0.05, 0.1) is 0 Å². The van der Waals surface area contributed by atoms with Crippen molar-refractivity contribution in [1.82, 2.24) is 10.2 Å². The predicted molar refractivity (Wildman–Crippen MR) is 86.4 cm³/mol. The van der Waals surface area contributed by atoms with Crippen LogP contribution >= 0.6 is 27.7 Å². The van der Waals surface area contributed by atoms with Gasteiger partial charge in [-0.3, -0.25) is 0 Å². The molecule has 4 heteroatoms. The summed E-state index contributed by atoms with van der Waals surface area (Å²) in [5.74, 6) is 1.21. The summed E-state index contributed by atoms with van der Waals surface area (Å²) in [7, 11) is 4.23. The van der Waals surface area contributed by atoms with E-state index in [1.54, 1.807) is 0 Å². The van der Waals surface area contributed by atoms with E-state index < -0.39 is 0 Å². The molecule has 0 amide bonds. The average Bonchev–Trinajstić information content (AvgIpc) is 2.37. The van der Waals surface area contributed by atoms with Gasteiger partial charge in [0.1, 0.15) is 0 Å². The summed E-state index contributed by atoms with van der Waals surface area (Å²) in [6.07, 6.45) is 3.30. The van der Waals surface area contributed by atoms with E-state index in [1.165, 1.54) is 11.3 Å². The van der Waals surface area contributed by atoms with Crippen LogP contribution in [0.25, 0.3) is 0 Å². The molecule has 102 valence electrons. The Hall–Kier alpha value is -0.0300. The molecule has 1 rings (SSSR count). The number of nitrogens with one attached hydrogen (secondary N) is 1. The normalized spacial score (nSPS) is 12.9. The Bertz CT molecular complexity index is 346. The molecule has 1 aromatic carbocycles. The minimum Gasteiger partial charge on any atom is -0.313 e. The maximum absolute atomic E-state index is 3.53. The third kappa shape index (κ3) is 5.74. The van der Waals surface area contributed by atoms with Crippen molar-refractivity contribution in [2.45, 2.75) is 12.5 Å². The summed E-state index contributed by atoms with van der Waals surface area (Å²) in [4.78, 5) is 2.40. The molecule has 1 N–H and O–H groups in total. The molecule has 0 heterocycles. The number of thioether (sulfide) groups is 1. The summed E-state index contributed by atoms with van der Waals surface area (Å²) in [6.45, 7) is 2.29. The summed E-state index contributed by atoms with van der Waals surface area (Å²) in [5.41, 5.74) is 1.35. The Labute approximate surface area is 124 Å². The van der Waals surface area contributed by atoms with Crippen LogP contribution in [0.5, 0.6) is 0 Å². The maximum Gasteiger partial charge on any atom is 0.0330 e. The zero-order chi connectivity index (χ0) is 13.4. The van der Waals surface area contributed by atoms with E-state index in [1.807, 2.05) is 18.8 Å². The lowest BCUT2D eigenvalue weighted by molar-refractivity contribution is 0.328. The van der Waals surface area contributed by atoms with Crippen molar-refractivity contribution < 1.29 is 0 Å². The number of halogens is 1. The van der Waals surface area contributed by atoms with Crippen molar-refractivity contribution in [2.24, 2.45) is 0 Å². The van der Waals surface area contributed by atoms with Crippen molar-refractivity contribution in [3.05, 3.63) is 34.3 Å². The Morgan fingerprint density at radius 3 is 2.78 bits per heavy atom. The fourth-order valence-electron chi connectivity index (χ4n) is 1.91. The lowest BCUT2D eigenvalue weighted by atomic mass is 10.0. The molecular weight excluding hydrogens is 308 g/mol. The van der Waals surface area contributed by atoms with Gasteiger partial charge in [0.15, 0.2) is 0 Å². The minimum atomic E-state index is 0.430. The van der Waals surface area contributed by atoms with Crippen LogP contribution < -0.4 is 5.32 Å². The SMILES string of the molecule is CNC(CCN(C)CCSC)c1cccc(Br)c1. The number of benzene rings is 1. The Morgan fingerprint density at radius 2 is 2.17 bits per heavy atom. The van der Waals surface area contributed by atoms with Crippen LogP contribution in [0.15, 0.2) is 28.7 Å². The van der Waals surface area contributed by atoms with Gasteiger partial charge in [0.2, 0.25) is 0 Å². The zero-order valence-electron chi connectivity index (χ0n) is 11.4. The van der Waals surface area contributed by atoms with Gasteiger partial charge in [0, 0.05) is 22.8 Å². The van der Waals surface area contributed by atoms with Crippen LogP contribution in [-0.2, 0) is 0 Å². The van der Waals surface area contributed by atoms with Crippen LogP contribution in [0.3, 0.4) is 0 Å². The highest BCUT2D eigenvalue weighted by molar-refractivity contribution is 9.10. The van der Waals surface area contributed by atoms with Gasteiger partial charge in [-0.05, 0) is 51.0 Å². The molecule has 0 radical (unpaired) electrons. The molecule has 0 saturated heterocycles. The molecule has 0 aromatic heterocycles. The van der Waals surface area contributed by atoms with Gasteiger partial charge < -0.3 is 10.2 Å². The Kier molecular flexibility index (Phi) is 7.98. The van der Waals surface area contributed by atoms with Crippen molar-refractivity contribution in [2.75, 3.05) is 39.2 Å². The van der Waals surface area contributed by atoms with Crippen LogP contribution in [-0.4, -0.2) is 44.1 Å². The van der Waals surface area contributed by atoms with Crippen molar-refractivity contribution in [3.8, 4) is 0 Å². The second kappa shape index (κ2) is 8.97. The van der Waals surface area contributed by atoms with Crippen molar-refractivity contribution >= 4 is 27.7 Å². The first-order valence-electron chi connectivity index (χ1n) is 6.27. The topological polar surface area (TPSA) is 15.3 Å². The van der Waals surface area contributed by atoms with E-state index in [2.05, 4.69) is 63.7 Å². The molecule has 0 fully saturated rings. The van der Waals surface area contributed by atoms with Crippen LogP contribution in [0.4, 0.5) is 0 Å². The smallest absolute Gasteiger partial charge is 0.0330 e. The van der Waals surface area contributed by atoms with Crippen LogP contribution in [0.1, 0.15) is 18.0 Å². The van der Waals surface area contributed by atoms with E-state index >= 15 is 0 Å². The van der Waals surface area contributed by atoms with Gasteiger partial charge in [-0.2, -0.15) is 11.8 Å². The zero-order valence-corrected chi connectivity index (χ0v) is 13.9. The number of rotatable bonds is 8. The Morgan fingerprint density at radius 1 is 1.39 bits per heavy atom. The summed E-state index contributed by atoms with van der Waals surface area (Å²) >= 11 is 5.44. The van der Waals surface area contributed by atoms with Crippen LogP contribution in [0, 0.1) is 0 Å². The van der Waals surface area contributed by atoms with E-state index in [0.717, 1.165) is 24.0 Å². The first-order chi connectivity index (χ1) is 8.67. The van der Waals surface area contributed by atoms with E-state index in [0.29, 0.717) is 6.04 Å². The van der Waals surface area contributed by atoms with Gasteiger partial charge in [-0.1, -0.05) is 28.1 Å². The molecule has 0 aliphatic rings. The van der Waals surface area contributed by atoms with E-state index in [4.69, 9.17) is 0 Å². The molecule has 0 saturated carbocycles. The second-order valence-corrected chi connectivity index (χ2v) is 6.38. The predicted octanol–water partition coefficient (Wildman–Crippen LogP) is 3.39. The molecule has 1 aromatic rings. The monoisotopic (exact) mass is 330 g/mol. The highest BCUT2D eigenvalue weighted by Gasteiger charge is 2.10. The molecule has 0 bridgehead atoms. The largest absolute Gasteiger partial charge is 0.313 e. The minimum absolute atomic E-state index is 0.430. The summed E-state index contributed by atoms with van der Waals surface area (Å²) < 4.78 is 1.15. The molecule has 1 atom stereocenters. The quantitative estimate of drug-likeness (QED) is 0.786. The van der Waals surface area contributed by atoms with Crippen molar-refractivity contribution in [1.29, 1.82) is 0 Å². The van der Waals surface area contributed by atoms with Gasteiger partial charge in [-0.15, -0.1) is 0 Å². The van der Waals surface area contributed by atoms with Crippen molar-refractivity contribution in [3.63, 3.8) is 0 Å². The van der Waals surface area contributed by atoms with Crippen LogP contribution in [0.2, 0.25) is 0 Å². The first-order valence-corrected chi connectivity index (χ1v) is 8.46. The molecule has 1 unspecified atom stereocenters. The molecule has 0 spiro atoms. The van der Waals surface area contributed by atoms with Gasteiger partial charge in [-0.25, -0.2) is 0 Å². The number of nitrogens with zero attached hydrogens (tertiary/aromatic N) is 1. The molecule has 0 aliphatic carbocycles. The molecule has 0 aliphatic heterocycles. The van der Waals surface area contributed by atoms with E-state index in [-0.39, 0.29) is 0 Å². The fraction of sp³-hybridized carbons (Fsp3) is 0.571. The molecule has 18 heavy (non-hydrogen) atoms. The average molecular weight is 331 g/mol. The molecular formula is C14H23BrN2S. The standard InChI is InChI=1S/C14H23BrN2S/c1-16-14(7-8-17(2)9-10-18-3)12-5-4-6-13(15)11-12/h4-6,11,14,16H,7-10H2,1-3H3. The third-order valence-corrected chi connectivity index (χ3v) is 4.16.